The molecule has 0 unspecified atom stereocenters. The molecule has 1 heterocycles. The van der Waals surface area contributed by atoms with Gasteiger partial charge in [-0.2, -0.15) is 13.2 Å². The lowest BCUT2D eigenvalue weighted by Crippen LogP contribution is -2.17. The van der Waals surface area contributed by atoms with Crippen LogP contribution in [0.5, 0.6) is 5.75 Å². The monoisotopic (exact) mass is 562 g/mol. The molecule has 40 heavy (non-hydrogen) atoms. The highest BCUT2D eigenvalue weighted by molar-refractivity contribution is 6.31. The zero-order valence-electron chi connectivity index (χ0n) is 21.6. The number of carbonyl (C=O) groups is 1. The van der Waals surface area contributed by atoms with E-state index in [4.69, 9.17) is 16.3 Å². The van der Waals surface area contributed by atoms with Crippen molar-refractivity contribution >= 4 is 34.1 Å². The van der Waals surface area contributed by atoms with Crippen LogP contribution in [0.15, 0.2) is 103 Å². The van der Waals surface area contributed by atoms with Crippen LogP contribution in [0, 0.1) is 0 Å². The van der Waals surface area contributed by atoms with E-state index in [1.807, 2.05) is 60.8 Å². The van der Waals surface area contributed by atoms with Gasteiger partial charge in [-0.3, -0.25) is 4.79 Å². The molecule has 0 fully saturated rings. The van der Waals surface area contributed by atoms with Gasteiger partial charge in [0, 0.05) is 41.7 Å². The van der Waals surface area contributed by atoms with Crippen molar-refractivity contribution in [3.8, 4) is 5.75 Å². The first-order valence-electron chi connectivity index (χ1n) is 12.6. The molecule has 1 amide bonds. The molecule has 0 aliphatic carbocycles. The summed E-state index contributed by atoms with van der Waals surface area (Å²) in [5.41, 5.74) is 2.72. The van der Waals surface area contributed by atoms with Gasteiger partial charge in [-0.25, -0.2) is 0 Å². The number of carbonyl (C=O) groups excluding carboxylic acids is 1. The van der Waals surface area contributed by atoms with E-state index in [1.165, 1.54) is 6.07 Å². The number of anilines is 1. The number of rotatable bonds is 8. The second kappa shape index (κ2) is 11.5. The molecule has 4 nitrogen and oxygen atoms in total. The predicted molar refractivity (Wildman–Crippen MR) is 152 cm³/mol. The lowest BCUT2D eigenvalue weighted by Gasteiger charge is -2.19. The van der Waals surface area contributed by atoms with Crippen molar-refractivity contribution < 1.29 is 22.7 Å². The number of halogens is 4. The summed E-state index contributed by atoms with van der Waals surface area (Å²) in [6.07, 6.45) is -2.77. The highest BCUT2D eigenvalue weighted by atomic mass is 35.5. The summed E-state index contributed by atoms with van der Waals surface area (Å²) in [4.78, 5) is 13.2. The summed E-state index contributed by atoms with van der Waals surface area (Å²) in [6, 6.07) is 28.2. The highest BCUT2D eigenvalue weighted by Crippen LogP contribution is 2.40. The van der Waals surface area contributed by atoms with Crippen molar-refractivity contribution in [1.82, 2.24) is 4.57 Å². The summed E-state index contributed by atoms with van der Waals surface area (Å²) < 4.78 is 48.8. The molecule has 204 valence electrons. The van der Waals surface area contributed by atoms with Crippen LogP contribution in [0.2, 0.25) is 5.02 Å². The van der Waals surface area contributed by atoms with E-state index in [9.17, 15) is 18.0 Å². The summed E-state index contributed by atoms with van der Waals surface area (Å²) >= 11 is 5.94. The fourth-order valence-corrected chi connectivity index (χ4v) is 5.14. The molecular weight excluding hydrogens is 537 g/mol. The number of hydrogen-bond donors (Lipinski definition) is 1. The van der Waals surface area contributed by atoms with Crippen LogP contribution in [0.4, 0.5) is 18.9 Å². The van der Waals surface area contributed by atoms with E-state index in [1.54, 1.807) is 37.4 Å². The number of benzene rings is 4. The molecule has 5 rings (SSSR count). The fourth-order valence-electron chi connectivity index (χ4n) is 4.91. The fraction of sp³-hybridized carbons (Fsp3) is 0.156. The summed E-state index contributed by atoms with van der Waals surface area (Å²) in [5.74, 6) is -0.231. The average Bonchev–Trinajstić information content (AvgIpc) is 3.30. The standard InChI is InChI=1S/C32H26ClF3N2O2/c1-40-24-14-11-21(12-15-24)19-38-20-27(25-9-5-6-10-30(25)38)26(18-31(39)37-23-7-3-2-4-8-23)22-13-16-29(33)28(17-22)32(34,35)36/h2-17,20,26H,18-19H2,1H3,(H,37,39)/t26-/m0/s1. The molecular formula is C32H26ClF3N2O2. The van der Waals surface area contributed by atoms with Crippen LogP contribution in [0.1, 0.15) is 34.6 Å². The zero-order valence-corrected chi connectivity index (χ0v) is 22.3. The lowest BCUT2D eigenvalue weighted by molar-refractivity contribution is -0.137. The second-order valence-electron chi connectivity index (χ2n) is 9.49. The first-order valence-corrected chi connectivity index (χ1v) is 13.0. The Labute approximate surface area is 235 Å². The van der Waals surface area contributed by atoms with E-state index < -0.39 is 17.7 Å². The van der Waals surface area contributed by atoms with Crippen LogP contribution in [0.3, 0.4) is 0 Å². The van der Waals surface area contributed by atoms with Gasteiger partial charge in [-0.15, -0.1) is 0 Å². The van der Waals surface area contributed by atoms with Crippen molar-refractivity contribution in [3.63, 3.8) is 0 Å². The summed E-state index contributed by atoms with van der Waals surface area (Å²) in [5, 5.41) is 3.34. The first-order chi connectivity index (χ1) is 19.2. The largest absolute Gasteiger partial charge is 0.497 e. The number of ether oxygens (including phenoxy) is 1. The maximum absolute atomic E-state index is 13.8. The first kappa shape index (κ1) is 27.3. The minimum atomic E-state index is -4.63. The molecule has 0 saturated heterocycles. The van der Waals surface area contributed by atoms with Crippen LogP contribution in [-0.4, -0.2) is 17.6 Å². The number of amides is 1. The number of alkyl halides is 3. The molecule has 0 aliphatic rings. The van der Waals surface area contributed by atoms with E-state index in [0.717, 1.165) is 33.8 Å². The zero-order chi connectivity index (χ0) is 28.3. The normalized spacial score (nSPS) is 12.3. The van der Waals surface area contributed by atoms with Gasteiger partial charge in [0.1, 0.15) is 5.75 Å². The third kappa shape index (κ3) is 6.00. The molecule has 4 aromatic carbocycles. The quantitative estimate of drug-likeness (QED) is 0.206. The SMILES string of the molecule is COc1ccc(Cn2cc([C@@H](CC(=O)Nc3ccccc3)c3ccc(Cl)c(C(F)(F)F)c3)c3ccccc32)cc1. The third-order valence-electron chi connectivity index (χ3n) is 6.85. The molecule has 1 N–H and O–H groups in total. The number of nitrogens with one attached hydrogen (secondary N) is 1. The van der Waals surface area contributed by atoms with Crippen LogP contribution < -0.4 is 10.1 Å². The van der Waals surface area contributed by atoms with E-state index in [0.29, 0.717) is 17.8 Å². The summed E-state index contributed by atoms with van der Waals surface area (Å²) in [6.45, 7) is 0.530. The van der Waals surface area contributed by atoms with Crippen LogP contribution >= 0.6 is 11.6 Å². The maximum atomic E-state index is 13.8. The van der Waals surface area contributed by atoms with Gasteiger partial charge < -0.3 is 14.6 Å². The van der Waals surface area contributed by atoms with Crippen LogP contribution in [0.25, 0.3) is 10.9 Å². The predicted octanol–water partition coefficient (Wildman–Crippen LogP) is 8.53. The van der Waals surface area contributed by atoms with Gasteiger partial charge in [0.05, 0.1) is 17.7 Å². The number of methoxy groups -OCH3 is 1. The van der Waals surface area contributed by atoms with E-state index in [-0.39, 0.29) is 17.4 Å². The maximum Gasteiger partial charge on any atom is 0.417 e. The molecule has 5 aromatic rings. The molecule has 0 bridgehead atoms. The second-order valence-corrected chi connectivity index (χ2v) is 9.89. The van der Waals surface area contributed by atoms with E-state index >= 15 is 0 Å². The molecule has 8 heteroatoms. The number of para-hydroxylation sites is 2. The van der Waals surface area contributed by atoms with E-state index in [2.05, 4.69) is 9.88 Å². The minimum Gasteiger partial charge on any atom is -0.497 e. The van der Waals surface area contributed by atoms with Gasteiger partial charge in [-0.1, -0.05) is 66.2 Å². The molecule has 1 atom stereocenters. The van der Waals surface area contributed by atoms with Crippen molar-refractivity contribution in [2.24, 2.45) is 0 Å². The molecule has 0 spiro atoms. The van der Waals surface area contributed by atoms with Gasteiger partial charge in [-0.05, 0) is 59.2 Å². The number of nitrogens with zero attached hydrogens (tertiary/aromatic N) is 1. The van der Waals surface area contributed by atoms with Crippen LogP contribution in [-0.2, 0) is 17.5 Å². The highest BCUT2D eigenvalue weighted by Gasteiger charge is 2.34. The van der Waals surface area contributed by atoms with Gasteiger partial charge >= 0.3 is 6.18 Å². The Bertz CT molecular complexity index is 1630. The number of fused-ring (bicyclic) bond motifs is 1. The Hall–Kier alpha value is -4.23. The number of hydrogen-bond acceptors (Lipinski definition) is 2. The van der Waals surface area contributed by atoms with Gasteiger partial charge in [0.2, 0.25) is 5.91 Å². The lowest BCUT2D eigenvalue weighted by atomic mass is 9.87. The smallest absolute Gasteiger partial charge is 0.417 e. The van der Waals surface area contributed by atoms with Crippen molar-refractivity contribution in [2.45, 2.75) is 25.1 Å². The Balaban J connectivity index is 1.59. The topological polar surface area (TPSA) is 43.3 Å². The average molecular weight is 563 g/mol. The van der Waals surface area contributed by atoms with Gasteiger partial charge in [0.25, 0.3) is 0 Å². The Morgan fingerprint density at radius 1 is 0.950 bits per heavy atom. The molecule has 0 radical (unpaired) electrons. The molecule has 0 aliphatic heterocycles. The molecule has 0 saturated carbocycles. The Kier molecular flexibility index (Phi) is 7.85. The third-order valence-corrected chi connectivity index (χ3v) is 7.18. The minimum absolute atomic E-state index is 0.0651. The Morgan fingerprint density at radius 2 is 1.65 bits per heavy atom. The summed E-state index contributed by atoms with van der Waals surface area (Å²) in [7, 11) is 1.61. The van der Waals surface area contributed by atoms with Crippen molar-refractivity contribution in [2.75, 3.05) is 12.4 Å². The number of aromatic nitrogens is 1. The Morgan fingerprint density at radius 3 is 2.35 bits per heavy atom. The molecule has 1 aromatic heterocycles. The van der Waals surface area contributed by atoms with Crippen molar-refractivity contribution in [1.29, 1.82) is 0 Å². The van der Waals surface area contributed by atoms with Crippen molar-refractivity contribution in [3.05, 3.63) is 131 Å². The van der Waals surface area contributed by atoms with Gasteiger partial charge in [0.15, 0.2) is 0 Å².